The van der Waals surface area contributed by atoms with Gasteiger partial charge in [0.1, 0.15) is 0 Å². The Hall–Kier alpha value is -0.380. The quantitative estimate of drug-likeness (QED) is 0.839. The van der Waals surface area contributed by atoms with Crippen molar-refractivity contribution in [3.8, 4) is 0 Å². The monoisotopic (exact) mass is 226 g/mol. The zero-order valence-electron chi connectivity index (χ0n) is 9.54. The van der Waals surface area contributed by atoms with E-state index in [2.05, 4.69) is 20.8 Å². The first-order chi connectivity index (χ1) is 7.15. The van der Waals surface area contributed by atoms with Crippen LogP contribution in [0.15, 0.2) is 0 Å². The summed E-state index contributed by atoms with van der Waals surface area (Å²) in [5.41, 5.74) is 2.78. The smallest absolute Gasteiger partial charge is 0.0864 e. The van der Waals surface area contributed by atoms with E-state index in [1.54, 1.807) is 0 Å². The van der Waals surface area contributed by atoms with Crippen molar-refractivity contribution in [1.29, 1.82) is 0 Å². The number of hydrogen-bond acceptors (Lipinski definition) is 3. The van der Waals surface area contributed by atoms with Gasteiger partial charge >= 0.3 is 0 Å². The first kappa shape index (κ1) is 11.1. The van der Waals surface area contributed by atoms with Crippen molar-refractivity contribution < 1.29 is 9.84 Å². The van der Waals surface area contributed by atoms with Crippen molar-refractivity contribution in [3.05, 3.63) is 20.9 Å². The predicted octanol–water partition coefficient (Wildman–Crippen LogP) is 2.40. The first-order valence-electron chi connectivity index (χ1n) is 5.49. The van der Waals surface area contributed by atoms with Crippen molar-refractivity contribution >= 4 is 11.3 Å². The van der Waals surface area contributed by atoms with Crippen LogP contribution in [0.5, 0.6) is 0 Å². The molecule has 1 aromatic heterocycles. The molecule has 1 N–H and O–H groups in total. The van der Waals surface area contributed by atoms with Gasteiger partial charge in [-0.1, -0.05) is 6.92 Å². The molecule has 0 bridgehead atoms. The second-order valence-corrected chi connectivity index (χ2v) is 5.60. The summed E-state index contributed by atoms with van der Waals surface area (Å²) < 4.78 is 5.34. The molecule has 3 heteroatoms. The second-order valence-electron chi connectivity index (χ2n) is 4.17. The van der Waals surface area contributed by atoms with Crippen LogP contribution in [0.3, 0.4) is 0 Å². The summed E-state index contributed by atoms with van der Waals surface area (Å²) in [5.74, 6) is 0.199. The normalized spacial score (nSPS) is 26.1. The number of ether oxygens (including phenoxy) is 1. The molecule has 84 valence electrons. The molecule has 1 fully saturated rings. The molecule has 2 atom stereocenters. The Morgan fingerprint density at radius 1 is 1.33 bits per heavy atom. The summed E-state index contributed by atoms with van der Waals surface area (Å²) in [5, 5.41) is 9.88. The average molecular weight is 226 g/mol. The Morgan fingerprint density at radius 2 is 2.07 bits per heavy atom. The van der Waals surface area contributed by atoms with E-state index < -0.39 is 0 Å². The van der Waals surface area contributed by atoms with E-state index in [0.717, 1.165) is 6.42 Å². The van der Waals surface area contributed by atoms with Crippen LogP contribution in [0, 0.1) is 13.8 Å². The highest BCUT2D eigenvalue weighted by Crippen LogP contribution is 2.37. The Kier molecular flexibility index (Phi) is 3.14. The number of thiophene rings is 1. The van der Waals surface area contributed by atoms with Gasteiger partial charge in [-0.05, 0) is 31.4 Å². The van der Waals surface area contributed by atoms with E-state index in [9.17, 15) is 5.11 Å². The van der Waals surface area contributed by atoms with Gasteiger partial charge in [0.05, 0.1) is 19.3 Å². The summed E-state index contributed by atoms with van der Waals surface area (Å²) in [6.45, 7) is 7.66. The highest BCUT2D eigenvalue weighted by molar-refractivity contribution is 7.12. The second kappa shape index (κ2) is 4.24. The van der Waals surface area contributed by atoms with Crippen LogP contribution in [0.4, 0.5) is 0 Å². The van der Waals surface area contributed by atoms with Gasteiger partial charge in [0.15, 0.2) is 0 Å². The number of hydrogen-bond donors (Lipinski definition) is 1. The lowest BCUT2D eigenvalue weighted by molar-refractivity contribution is 0.124. The molecule has 2 heterocycles. The van der Waals surface area contributed by atoms with Gasteiger partial charge in [-0.2, -0.15) is 0 Å². The van der Waals surface area contributed by atoms with Gasteiger partial charge in [0.2, 0.25) is 0 Å². The molecule has 1 saturated heterocycles. The van der Waals surface area contributed by atoms with Crippen molar-refractivity contribution in [3.63, 3.8) is 0 Å². The minimum Gasteiger partial charge on any atom is -0.390 e. The molecule has 15 heavy (non-hydrogen) atoms. The Morgan fingerprint density at radius 3 is 2.60 bits per heavy atom. The van der Waals surface area contributed by atoms with E-state index in [0.29, 0.717) is 13.2 Å². The molecule has 0 aromatic carbocycles. The van der Waals surface area contributed by atoms with Gasteiger partial charge in [0, 0.05) is 15.7 Å². The zero-order chi connectivity index (χ0) is 11.0. The molecule has 0 saturated carbocycles. The summed E-state index contributed by atoms with van der Waals surface area (Å²) >= 11 is 1.84. The van der Waals surface area contributed by atoms with Gasteiger partial charge in [-0.3, -0.25) is 0 Å². The SMILES string of the molecule is CCc1c(C)sc(C)c1[C@H]1COC[C@H]1O. The molecule has 0 unspecified atom stereocenters. The van der Waals surface area contributed by atoms with Crippen LogP contribution >= 0.6 is 11.3 Å². The van der Waals surface area contributed by atoms with Gasteiger partial charge < -0.3 is 9.84 Å². The minimum atomic E-state index is -0.317. The molecule has 1 aliphatic heterocycles. The maximum absolute atomic E-state index is 9.88. The van der Waals surface area contributed by atoms with Gasteiger partial charge in [-0.15, -0.1) is 11.3 Å². The molecule has 0 amide bonds. The van der Waals surface area contributed by atoms with E-state index in [1.165, 1.54) is 20.9 Å². The molecule has 1 aromatic rings. The first-order valence-corrected chi connectivity index (χ1v) is 6.31. The number of aliphatic hydroxyl groups is 1. The molecule has 0 radical (unpaired) electrons. The number of rotatable bonds is 2. The Labute approximate surface area is 94.9 Å². The Bertz CT molecular complexity index is 357. The van der Waals surface area contributed by atoms with E-state index in [4.69, 9.17) is 4.74 Å². The highest BCUT2D eigenvalue weighted by atomic mass is 32.1. The molecular formula is C12H18O2S. The van der Waals surface area contributed by atoms with E-state index in [1.807, 2.05) is 11.3 Å². The van der Waals surface area contributed by atoms with Crippen LogP contribution in [0.25, 0.3) is 0 Å². The van der Waals surface area contributed by atoms with Crippen LogP contribution < -0.4 is 0 Å². The third kappa shape index (κ3) is 1.84. The molecular weight excluding hydrogens is 208 g/mol. The van der Waals surface area contributed by atoms with Crippen LogP contribution in [-0.4, -0.2) is 24.4 Å². The lowest BCUT2D eigenvalue weighted by atomic mass is 9.91. The van der Waals surface area contributed by atoms with E-state index >= 15 is 0 Å². The lowest BCUT2D eigenvalue weighted by Crippen LogP contribution is -2.17. The maximum atomic E-state index is 9.88. The topological polar surface area (TPSA) is 29.5 Å². The van der Waals surface area contributed by atoms with Crippen LogP contribution in [0.1, 0.15) is 33.7 Å². The fourth-order valence-corrected chi connectivity index (χ4v) is 3.71. The summed E-state index contributed by atoms with van der Waals surface area (Å²) in [6, 6.07) is 0. The summed E-state index contributed by atoms with van der Waals surface area (Å²) in [6.07, 6.45) is 0.734. The molecule has 2 rings (SSSR count). The summed E-state index contributed by atoms with van der Waals surface area (Å²) in [7, 11) is 0. The van der Waals surface area contributed by atoms with Gasteiger partial charge in [-0.25, -0.2) is 0 Å². The number of aryl methyl sites for hydroxylation is 2. The molecule has 2 nitrogen and oxygen atoms in total. The minimum absolute atomic E-state index is 0.199. The molecule has 1 aliphatic rings. The third-order valence-electron chi connectivity index (χ3n) is 3.21. The van der Waals surface area contributed by atoms with Crippen molar-refractivity contribution in [2.45, 2.75) is 39.2 Å². The van der Waals surface area contributed by atoms with Crippen LogP contribution in [0.2, 0.25) is 0 Å². The molecule has 0 aliphatic carbocycles. The Balaban J connectivity index is 2.41. The zero-order valence-corrected chi connectivity index (χ0v) is 10.4. The standard InChI is InChI=1S/C12H18O2S/c1-4-9-7(2)15-8(3)12(9)10-5-14-6-11(10)13/h10-11,13H,4-6H2,1-3H3/t10-,11+/m0/s1. The summed E-state index contributed by atoms with van der Waals surface area (Å²) in [4.78, 5) is 2.74. The predicted molar refractivity (Wildman–Crippen MR) is 62.7 cm³/mol. The maximum Gasteiger partial charge on any atom is 0.0864 e. The van der Waals surface area contributed by atoms with Gasteiger partial charge in [0.25, 0.3) is 0 Å². The largest absolute Gasteiger partial charge is 0.390 e. The van der Waals surface area contributed by atoms with Crippen molar-refractivity contribution in [1.82, 2.24) is 0 Å². The molecule has 0 spiro atoms. The van der Waals surface area contributed by atoms with Crippen molar-refractivity contribution in [2.75, 3.05) is 13.2 Å². The average Bonchev–Trinajstić information content (AvgIpc) is 2.70. The fourth-order valence-electron chi connectivity index (χ4n) is 2.49. The third-order valence-corrected chi connectivity index (χ3v) is 4.29. The van der Waals surface area contributed by atoms with E-state index in [-0.39, 0.29) is 12.0 Å². The fraction of sp³-hybridized carbons (Fsp3) is 0.667. The van der Waals surface area contributed by atoms with Crippen LogP contribution in [-0.2, 0) is 11.2 Å². The van der Waals surface area contributed by atoms with Crippen molar-refractivity contribution in [2.24, 2.45) is 0 Å². The number of aliphatic hydroxyl groups excluding tert-OH is 1. The highest BCUT2D eigenvalue weighted by Gasteiger charge is 2.31. The lowest BCUT2D eigenvalue weighted by Gasteiger charge is -2.15.